The predicted octanol–water partition coefficient (Wildman–Crippen LogP) is 4.21. The molecule has 1 fully saturated rings. The summed E-state index contributed by atoms with van der Waals surface area (Å²) in [5.41, 5.74) is 1.22. The fraction of sp³-hybridized carbons (Fsp3) is 0.438. The van der Waals surface area contributed by atoms with Crippen LogP contribution in [0, 0.1) is 6.92 Å². The molecule has 20 heavy (non-hydrogen) atoms. The second-order valence-corrected chi connectivity index (χ2v) is 6.12. The Bertz CT molecular complexity index is 639. The highest BCUT2D eigenvalue weighted by Gasteiger charge is 2.24. The van der Waals surface area contributed by atoms with Crippen LogP contribution in [-0.2, 0) is 0 Å². The summed E-state index contributed by atoms with van der Waals surface area (Å²) >= 11 is 6.08. The topological polar surface area (TPSA) is 29.0 Å². The lowest BCUT2D eigenvalue weighted by Gasteiger charge is -2.25. The molecule has 0 aromatic carbocycles. The van der Waals surface area contributed by atoms with Crippen molar-refractivity contribution in [2.75, 3.05) is 11.4 Å². The summed E-state index contributed by atoms with van der Waals surface area (Å²) in [6, 6.07) is 2.25. The molecule has 0 bridgehead atoms. The number of aromatic nitrogens is 2. The smallest absolute Gasteiger partial charge is 0.138 e. The maximum absolute atomic E-state index is 6.08. The van der Waals surface area contributed by atoms with Gasteiger partial charge in [0.2, 0.25) is 0 Å². The third-order valence-electron chi connectivity index (χ3n) is 4.02. The van der Waals surface area contributed by atoms with Crippen LogP contribution in [0.15, 0.2) is 18.5 Å². The number of hydrogen-bond donors (Lipinski definition) is 0. The Kier molecular flexibility index (Phi) is 3.55. The van der Waals surface area contributed by atoms with Crippen LogP contribution in [0.5, 0.6) is 0 Å². The van der Waals surface area contributed by atoms with Crippen LogP contribution in [0.3, 0.4) is 0 Å². The first-order valence-electron chi connectivity index (χ1n) is 7.12. The minimum absolute atomic E-state index is 0.297. The number of anilines is 1. The van der Waals surface area contributed by atoms with Gasteiger partial charge >= 0.3 is 0 Å². The molecule has 4 heteroatoms. The molecule has 1 radical (unpaired) electrons. The highest BCUT2D eigenvalue weighted by Crippen LogP contribution is 2.34. The first kappa shape index (κ1) is 13.6. The fourth-order valence-electron chi connectivity index (χ4n) is 2.92. The van der Waals surface area contributed by atoms with E-state index in [1.165, 1.54) is 12.0 Å². The van der Waals surface area contributed by atoms with Gasteiger partial charge in [-0.3, -0.25) is 0 Å². The largest absolute Gasteiger partial charge is 0.353 e. The molecule has 1 atom stereocenters. The van der Waals surface area contributed by atoms with Gasteiger partial charge in [0.15, 0.2) is 0 Å². The number of fused-ring (bicyclic) bond motifs is 1. The van der Waals surface area contributed by atoms with Gasteiger partial charge in [-0.25, -0.2) is 9.97 Å². The molecule has 0 aliphatic carbocycles. The average molecular weight is 289 g/mol. The third-order valence-corrected chi connectivity index (χ3v) is 4.23. The van der Waals surface area contributed by atoms with E-state index in [4.69, 9.17) is 16.6 Å². The van der Waals surface area contributed by atoms with Gasteiger partial charge in [0.05, 0.1) is 0 Å². The number of nitrogens with zero attached hydrogens (tertiary/aromatic N) is 3. The monoisotopic (exact) mass is 288 g/mol. The van der Waals surface area contributed by atoms with E-state index in [9.17, 15) is 0 Å². The highest BCUT2D eigenvalue weighted by molar-refractivity contribution is 6.30. The quantitative estimate of drug-likeness (QED) is 0.775. The van der Waals surface area contributed by atoms with Crippen LogP contribution in [0.4, 0.5) is 5.82 Å². The number of halogens is 1. The first-order chi connectivity index (χ1) is 9.58. The van der Waals surface area contributed by atoms with Crippen molar-refractivity contribution in [1.29, 1.82) is 0 Å². The Morgan fingerprint density at radius 2 is 2.10 bits per heavy atom. The van der Waals surface area contributed by atoms with Crippen molar-refractivity contribution >= 4 is 28.2 Å². The molecule has 0 N–H and O–H groups in total. The number of pyridine rings is 2. The molecule has 3 heterocycles. The maximum atomic E-state index is 6.08. The van der Waals surface area contributed by atoms with Gasteiger partial charge in [0.1, 0.15) is 11.0 Å². The van der Waals surface area contributed by atoms with Gasteiger partial charge < -0.3 is 4.90 Å². The summed E-state index contributed by atoms with van der Waals surface area (Å²) in [7, 11) is 0. The van der Waals surface area contributed by atoms with E-state index in [-0.39, 0.29) is 0 Å². The molecular formula is C16H19ClN3. The Morgan fingerprint density at radius 3 is 2.75 bits per heavy atom. The van der Waals surface area contributed by atoms with E-state index in [1.54, 1.807) is 0 Å². The number of rotatable bonds is 2. The molecule has 3 rings (SSSR count). The molecule has 1 aliphatic rings. The lowest BCUT2D eigenvalue weighted by atomic mass is 9.99. The fourth-order valence-corrected chi connectivity index (χ4v) is 3.08. The van der Waals surface area contributed by atoms with Crippen molar-refractivity contribution in [1.82, 2.24) is 9.97 Å². The van der Waals surface area contributed by atoms with E-state index in [0.29, 0.717) is 17.1 Å². The van der Waals surface area contributed by atoms with E-state index in [0.717, 1.165) is 29.6 Å². The Morgan fingerprint density at radius 1 is 1.30 bits per heavy atom. The van der Waals surface area contributed by atoms with Crippen LogP contribution in [0.1, 0.15) is 38.2 Å². The second kappa shape index (κ2) is 5.21. The van der Waals surface area contributed by atoms with Crippen molar-refractivity contribution < 1.29 is 0 Å². The van der Waals surface area contributed by atoms with Crippen LogP contribution in [0.25, 0.3) is 10.8 Å². The van der Waals surface area contributed by atoms with E-state index >= 15 is 0 Å². The van der Waals surface area contributed by atoms with E-state index in [1.807, 2.05) is 18.5 Å². The van der Waals surface area contributed by atoms with Crippen molar-refractivity contribution in [2.24, 2.45) is 0 Å². The van der Waals surface area contributed by atoms with Crippen molar-refractivity contribution in [2.45, 2.75) is 38.6 Å². The minimum atomic E-state index is 0.297. The van der Waals surface area contributed by atoms with Gasteiger partial charge in [-0.15, -0.1) is 0 Å². The summed E-state index contributed by atoms with van der Waals surface area (Å²) in [4.78, 5) is 11.2. The molecule has 0 spiro atoms. The summed E-state index contributed by atoms with van der Waals surface area (Å²) < 4.78 is 0. The van der Waals surface area contributed by atoms with E-state index < -0.39 is 0 Å². The Labute approximate surface area is 125 Å². The minimum Gasteiger partial charge on any atom is -0.353 e. The average Bonchev–Trinajstić information content (AvgIpc) is 2.83. The highest BCUT2D eigenvalue weighted by atomic mass is 35.5. The Hall–Kier alpha value is -1.35. The summed E-state index contributed by atoms with van der Waals surface area (Å²) in [5.74, 6) is 1.40. The Balaban J connectivity index is 2.22. The van der Waals surface area contributed by atoms with Gasteiger partial charge in [0, 0.05) is 30.4 Å². The zero-order chi connectivity index (χ0) is 14.3. The third kappa shape index (κ3) is 2.24. The van der Waals surface area contributed by atoms with Crippen LogP contribution < -0.4 is 4.90 Å². The molecule has 2 aromatic rings. The first-order valence-corrected chi connectivity index (χ1v) is 7.49. The standard InChI is InChI=1S/C16H19ClN3/c1-10(2)13-8-19-16(20-6-4-5-11(20)3)14-9-18-15(17)7-12(13)14/h7-11H,3-6H2,1-2H3/t11-/m0/s1. The van der Waals surface area contributed by atoms with Gasteiger partial charge in [-0.2, -0.15) is 0 Å². The molecule has 3 nitrogen and oxygen atoms in total. The van der Waals surface area contributed by atoms with Gasteiger partial charge in [-0.1, -0.05) is 25.4 Å². The SMILES string of the molecule is [CH2][C@H]1CCCN1c1ncc(C(C)C)c2cc(Cl)ncc12. The second-order valence-electron chi connectivity index (χ2n) is 5.73. The lowest BCUT2D eigenvalue weighted by molar-refractivity contribution is 0.792. The lowest BCUT2D eigenvalue weighted by Crippen LogP contribution is -2.27. The normalized spacial score (nSPS) is 19.2. The molecule has 2 aromatic heterocycles. The predicted molar refractivity (Wildman–Crippen MR) is 84.4 cm³/mol. The van der Waals surface area contributed by atoms with Gasteiger partial charge in [-0.05, 0) is 42.7 Å². The molecule has 105 valence electrons. The maximum Gasteiger partial charge on any atom is 0.138 e. The molecule has 1 aliphatic heterocycles. The summed E-state index contributed by atoms with van der Waals surface area (Å²) in [5, 5.41) is 2.77. The van der Waals surface area contributed by atoms with Crippen LogP contribution in [-0.4, -0.2) is 22.6 Å². The molecule has 0 unspecified atom stereocenters. The molecule has 0 amide bonds. The van der Waals surface area contributed by atoms with Gasteiger partial charge in [0.25, 0.3) is 0 Å². The van der Waals surface area contributed by atoms with Crippen molar-refractivity contribution in [3.63, 3.8) is 0 Å². The van der Waals surface area contributed by atoms with Crippen LogP contribution >= 0.6 is 11.6 Å². The van der Waals surface area contributed by atoms with Crippen LogP contribution in [0.2, 0.25) is 5.15 Å². The summed E-state index contributed by atoms with van der Waals surface area (Å²) in [6.45, 7) is 9.57. The molecule has 1 saturated heterocycles. The zero-order valence-corrected chi connectivity index (χ0v) is 12.7. The van der Waals surface area contributed by atoms with Crippen molar-refractivity contribution in [3.8, 4) is 0 Å². The van der Waals surface area contributed by atoms with E-state index in [2.05, 4.69) is 30.7 Å². The van der Waals surface area contributed by atoms with Crippen molar-refractivity contribution in [3.05, 3.63) is 36.1 Å². The molecule has 0 saturated carbocycles. The summed E-state index contributed by atoms with van der Waals surface area (Å²) in [6.07, 6.45) is 6.11. The zero-order valence-electron chi connectivity index (χ0n) is 11.9. The molecular weight excluding hydrogens is 270 g/mol. The number of hydrogen-bond acceptors (Lipinski definition) is 3.